The predicted octanol–water partition coefficient (Wildman–Crippen LogP) is 3.59. The van der Waals surface area contributed by atoms with Gasteiger partial charge in [0.2, 0.25) is 0 Å². The van der Waals surface area contributed by atoms with Crippen molar-refractivity contribution in [2.75, 3.05) is 13.2 Å². The van der Waals surface area contributed by atoms with Crippen molar-refractivity contribution in [1.29, 1.82) is 0 Å². The highest BCUT2D eigenvalue weighted by atomic mass is 19.4. The SMILES string of the molecule is CC(C)(CCCO)CNCc1ccc(C(F)(F)F)cc1. The van der Waals surface area contributed by atoms with Gasteiger partial charge in [-0.15, -0.1) is 0 Å². The molecule has 0 heterocycles. The molecule has 0 spiro atoms. The Morgan fingerprint density at radius 1 is 1.10 bits per heavy atom. The molecule has 0 amide bonds. The Morgan fingerprint density at radius 2 is 1.70 bits per heavy atom. The Labute approximate surface area is 118 Å². The molecule has 1 aromatic rings. The second-order valence-electron chi connectivity index (χ2n) is 5.79. The van der Waals surface area contributed by atoms with Crippen LogP contribution in [0.3, 0.4) is 0 Å². The summed E-state index contributed by atoms with van der Waals surface area (Å²) in [7, 11) is 0. The molecule has 2 nitrogen and oxygen atoms in total. The molecule has 0 bridgehead atoms. The lowest BCUT2D eigenvalue weighted by atomic mass is 9.88. The summed E-state index contributed by atoms with van der Waals surface area (Å²) in [5, 5.41) is 12.1. The molecule has 5 heteroatoms. The molecule has 2 N–H and O–H groups in total. The maximum atomic E-state index is 12.4. The molecule has 0 saturated heterocycles. The Hall–Kier alpha value is -1.07. The summed E-state index contributed by atoms with van der Waals surface area (Å²) in [5.41, 5.74) is 0.273. The van der Waals surface area contributed by atoms with Gasteiger partial charge in [-0.25, -0.2) is 0 Å². The van der Waals surface area contributed by atoms with Gasteiger partial charge >= 0.3 is 6.18 Å². The normalized spacial score (nSPS) is 12.7. The number of rotatable bonds is 7. The zero-order chi connectivity index (χ0) is 15.2. The molecular formula is C15H22F3NO. The fourth-order valence-electron chi connectivity index (χ4n) is 2.00. The molecule has 0 saturated carbocycles. The molecule has 114 valence electrons. The van der Waals surface area contributed by atoms with Gasteiger partial charge in [-0.1, -0.05) is 26.0 Å². The summed E-state index contributed by atoms with van der Waals surface area (Å²) in [6.07, 6.45) is -2.61. The lowest BCUT2D eigenvalue weighted by molar-refractivity contribution is -0.137. The highest BCUT2D eigenvalue weighted by Gasteiger charge is 2.29. The van der Waals surface area contributed by atoms with Gasteiger partial charge in [0.05, 0.1) is 5.56 Å². The molecular weight excluding hydrogens is 267 g/mol. The fraction of sp³-hybridized carbons (Fsp3) is 0.600. The summed E-state index contributed by atoms with van der Waals surface area (Å²) < 4.78 is 37.2. The Morgan fingerprint density at radius 3 is 2.20 bits per heavy atom. The van der Waals surface area contributed by atoms with E-state index in [-0.39, 0.29) is 12.0 Å². The van der Waals surface area contributed by atoms with E-state index in [2.05, 4.69) is 19.2 Å². The topological polar surface area (TPSA) is 32.3 Å². The Kier molecular flexibility index (Phi) is 6.02. The predicted molar refractivity (Wildman–Crippen MR) is 73.3 cm³/mol. The van der Waals surface area contributed by atoms with Crippen LogP contribution in [0.25, 0.3) is 0 Å². The lowest BCUT2D eigenvalue weighted by Crippen LogP contribution is -2.29. The van der Waals surface area contributed by atoms with E-state index in [1.165, 1.54) is 12.1 Å². The van der Waals surface area contributed by atoms with Crippen LogP contribution in [0.4, 0.5) is 13.2 Å². The van der Waals surface area contributed by atoms with Crippen LogP contribution in [-0.2, 0) is 12.7 Å². The molecule has 0 fully saturated rings. The molecule has 20 heavy (non-hydrogen) atoms. The van der Waals surface area contributed by atoms with Crippen molar-refractivity contribution in [2.24, 2.45) is 5.41 Å². The largest absolute Gasteiger partial charge is 0.416 e. The van der Waals surface area contributed by atoms with Gasteiger partial charge in [-0.2, -0.15) is 13.2 Å². The third-order valence-electron chi connectivity index (χ3n) is 3.23. The van der Waals surface area contributed by atoms with Crippen LogP contribution in [0.1, 0.15) is 37.8 Å². The number of benzene rings is 1. The van der Waals surface area contributed by atoms with E-state index in [0.29, 0.717) is 6.54 Å². The Bertz CT molecular complexity index is 399. The number of hydrogen-bond donors (Lipinski definition) is 2. The van der Waals surface area contributed by atoms with Gasteiger partial charge < -0.3 is 10.4 Å². The average molecular weight is 289 g/mol. The summed E-state index contributed by atoms with van der Waals surface area (Å²) in [6.45, 7) is 5.68. The van der Waals surface area contributed by atoms with Crippen molar-refractivity contribution in [1.82, 2.24) is 5.32 Å². The second-order valence-corrected chi connectivity index (χ2v) is 5.79. The van der Waals surface area contributed by atoms with Gasteiger partial charge in [-0.3, -0.25) is 0 Å². The fourth-order valence-corrected chi connectivity index (χ4v) is 2.00. The molecule has 1 aromatic carbocycles. The van der Waals surface area contributed by atoms with E-state index >= 15 is 0 Å². The highest BCUT2D eigenvalue weighted by molar-refractivity contribution is 5.24. The van der Waals surface area contributed by atoms with Crippen molar-refractivity contribution >= 4 is 0 Å². The second kappa shape index (κ2) is 7.09. The number of nitrogens with one attached hydrogen (secondary N) is 1. The quantitative estimate of drug-likeness (QED) is 0.804. The van der Waals surface area contributed by atoms with Gasteiger partial charge in [0, 0.05) is 19.7 Å². The van der Waals surface area contributed by atoms with Crippen LogP contribution < -0.4 is 5.32 Å². The Balaban J connectivity index is 2.43. The van der Waals surface area contributed by atoms with E-state index in [9.17, 15) is 13.2 Å². The number of aliphatic hydroxyl groups excluding tert-OH is 1. The van der Waals surface area contributed by atoms with Gasteiger partial charge in [0.15, 0.2) is 0 Å². The third kappa shape index (κ3) is 5.92. The maximum absolute atomic E-state index is 12.4. The van der Waals surface area contributed by atoms with Crippen LogP contribution in [0.2, 0.25) is 0 Å². The van der Waals surface area contributed by atoms with Crippen molar-refractivity contribution < 1.29 is 18.3 Å². The monoisotopic (exact) mass is 289 g/mol. The third-order valence-corrected chi connectivity index (χ3v) is 3.23. The minimum atomic E-state index is -4.28. The minimum absolute atomic E-state index is 0.0641. The summed E-state index contributed by atoms with van der Waals surface area (Å²) >= 11 is 0. The molecule has 0 unspecified atom stereocenters. The zero-order valence-electron chi connectivity index (χ0n) is 11.9. The van der Waals surface area contributed by atoms with Gasteiger partial charge in [-0.05, 0) is 36.0 Å². The summed E-state index contributed by atoms with van der Waals surface area (Å²) in [4.78, 5) is 0. The van der Waals surface area contributed by atoms with E-state index < -0.39 is 11.7 Å². The molecule has 0 aromatic heterocycles. The van der Waals surface area contributed by atoms with Crippen molar-refractivity contribution in [3.8, 4) is 0 Å². The summed E-state index contributed by atoms with van der Waals surface area (Å²) in [6, 6.07) is 5.20. The lowest BCUT2D eigenvalue weighted by Gasteiger charge is -2.24. The van der Waals surface area contributed by atoms with Crippen molar-refractivity contribution in [3.63, 3.8) is 0 Å². The van der Waals surface area contributed by atoms with E-state index in [0.717, 1.165) is 37.1 Å². The van der Waals surface area contributed by atoms with Crippen molar-refractivity contribution in [2.45, 2.75) is 39.4 Å². The molecule has 0 aliphatic heterocycles. The molecule has 0 aliphatic carbocycles. The maximum Gasteiger partial charge on any atom is 0.416 e. The number of alkyl halides is 3. The summed E-state index contributed by atoms with van der Waals surface area (Å²) in [5.74, 6) is 0. The average Bonchev–Trinajstić information content (AvgIpc) is 2.36. The standard InChI is InChI=1S/C15H22F3NO/c1-14(2,8-3-9-20)11-19-10-12-4-6-13(7-5-12)15(16,17)18/h4-7,19-20H,3,8-11H2,1-2H3. The highest BCUT2D eigenvalue weighted by Crippen LogP contribution is 2.29. The number of halogens is 3. The first-order valence-electron chi connectivity index (χ1n) is 6.72. The zero-order valence-corrected chi connectivity index (χ0v) is 11.9. The van der Waals surface area contributed by atoms with Crippen LogP contribution in [0.15, 0.2) is 24.3 Å². The van der Waals surface area contributed by atoms with Crippen LogP contribution in [0.5, 0.6) is 0 Å². The van der Waals surface area contributed by atoms with Gasteiger partial charge in [0.1, 0.15) is 0 Å². The first-order chi connectivity index (χ1) is 9.24. The smallest absolute Gasteiger partial charge is 0.396 e. The van der Waals surface area contributed by atoms with Crippen molar-refractivity contribution in [3.05, 3.63) is 35.4 Å². The molecule has 0 radical (unpaired) electrons. The van der Waals surface area contributed by atoms with Gasteiger partial charge in [0.25, 0.3) is 0 Å². The van der Waals surface area contributed by atoms with E-state index in [1.807, 2.05) is 0 Å². The first kappa shape index (κ1) is 17.0. The molecule has 0 aliphatic rings. The molecule has 1 rings (SSSR count). The molecule has 0 atom stereocenters. The van der Waals surface area contributed by atoms with Crippen LogP contribution in [0, 0.1) is 5.41 Å². The van der Waals surface area contributed by atoms with E-state index in [4.69, 9.17) is 5.11 Å². The van der Waals surface area contributed by atoms with E-state index in [1.54, 1.807) is 0 Å². The number of hydrogen-bond acceptors (Lipinski definition) is 2. The minimum Gasteiger partial charge on any atom is -0.396 e. The van der Waals surface area contributed by atoms with Crippen LogP contribution in [-0.4, -0.2) is 18.3 Å². The first-order valence-corrected chi connectivity index (χ1v) is 6.72. The number of aliphatic hydroxyl groups is 1. The van der Waals surface area contributed by atoms with Crippen LogP contribution >= 0.6 is 0 Å².